The number of rotatable bonds is 3. The summed E-state index contributed by atoms with van der Waals surface area (Å²) in [6.45, 7) is -0.299. The molecule has 9 nitrogen and oxygen atoms in total. The van der Waals surface area contributed by atoms with E-state index >= 15 is 0 Å². The molecule has 2 radical (unpaired) electrons. The van der Waals surface area contributed by atoms with Gasteiger partial charge in [-0.2, -0.15) is 0 Å². The van der Waals surface area contributed by atoms with Crippen molar-refractivity contribution in [3.8, 4) is 0 Å². The first-order chi connectivity index (χ1) is 6.42. The van der Waals surface area contributed by atoms with Crippen molar-refractivity contribution in [1.82, 2.24) is 0 Å². The SMILES string of the molecule is C.C.COCO[N+](=O)[O-].O=[N+]([O-])O.[CH3-].[I][V][I].[Ir].[Y]. The number of methoxy groups -OCH3 is 1. The van der Waals surface area contributed by atoms with E-state index in [2.05, 4.69) is 49.5 Å². The van der Waals surface area contributed by atoms with Crippen LogP contribution in [0.3, 0.4) is 0 Å². The topological polar surface area (TPSA) is 125 Å². The van der Waals surface area contributed by atoms with Crippen LogP contribution < -0.4 is 0 Å². The molecule has 0 aliphatic carbocycles. The average molecular weight is 803 g/mol. The third-order valence-electron chi connectivity index (χ3n) is 0.276. The van der Waals surface area contributed by atoms with Gasteiger partial charge in [0.15, 0.2) is 6.79 Å². The van der Waals surface area contributed by atoms with Gasteiger partial charge in [0.25, 0.3) is 10.2 Å². The van der Waals surface area contributed by atoms with Crippen LogP contribution in [0, 0.1) is 27.7 Å². The number of hydrogen-bond acceptors (Lipinski definition) is 6. The fraction of sp³-hybridized carbons (Fsp3) is 0.800. The minimum absolute atomic E-state index is 0. The predicted molar refractivity (Wildman–Crippen MR) is 76.7 cm³/mol. The smallest absolute Gasteiger partial charge is 0 e. The van der Waals surface area contributed by atoms with Crippen LogP contribution in [0.5, 0.6) is 0 Å². The summed E-state index contributed by atoms with van der Waals surface area (Å²) in [7, 11) is 1.94. The zero-order chi connectivity index (χ0) is 12.0. The van der Waals surface area contributed by atoms with E-state index in [9.17, 15) is 10.1 Å². The van der Waals surface area contributed by atoms with E-state index in [-0.39, 0.29) is 81.9 Å². The maximum absolute atomic E-state index is 9.26. The molecule has 0 bridgehead atoms. The maximum Gasteiger partial charge on any atom is 0 e. The van der Waals surface area contributed by atoms with Gasteiger partial charge in [-0.25, -0.2) is 0 Å². The summed E-state index contributed by atoms with van der Waals surface area (Å²) >= 11 is 4.74. The fourth-order valence-electron chi connectivity index (χ4n) is 0.0957. The summed E-state index contributed by atoms with van der Waals surface area (Å²) in [5.74, 6) is 0. The summed E-state index contributed by atoms with van der Waals surface area (Å²) in [4.78, 5) is 21.3. The summed E-state index contributed by atoms with van der Waals surface area (Å²) in [6.07, 6.45) is 0. The number of ether oxygens (including phenoxy) is 1. The van der Waals surface area contributed by atoms with Crippen LogP contribution in [0.2, 0.25) is 0 Å². The first kappa shape index (κ1) is 49.7. The third-order valence-corrected chi connectivity index (χ3v) is 0.276. The van der Waals surface area contributed by atoms with E-state index in [4.69, 9.17) is 15.3 Å². The average Bonchev–Trinajstić information content (AvgIpc) is 2.01. The Morgan fingerprint density at radius 3 is 1.53 bits per heavy atom. The predicted octanol–water partition coefficient (Wildman–Crippen LogP) is 2.94. The zero-order valence-corrected chi connectivity index (χ0v) is 19.6. The fourth-order valence-corrected chi connectivity index (χ4v) is 0.0957. The minimum Gasteiger partial charge on any atom is 0 e. The number of halogens is 2. The Hall–Kier alpha value is 2.16. The minimum atomic E-state index is -1.50. The van der Waals surface area contributed by atoms with E-state index in [1.165, 1.54) is 7.11 Å². The van der Waals surface area contributed by atoms with Gasteiger partial charge < -0.3 is 17.4 Å². The van der Waals surface area contributed by atoms with Crippen LogP contribution in [0.25, 0.3) is 0 Å². The molecule has 0 aromatic carbocycles. The number of nitrogens with zero attached hydrogens (tertiary/aromatic N) is 2. The van der Waals surface area contributed by atoms with Crippen LogP contribution in [-0.2, 0) is 71.9 Å². The van der Waals surface area contributed by atoms with Gasteiger partial charge in [-0.05, 0) is 0 Å². The molecule has 0 aliphatic rings. The molecule has 0 amide bonds. The zero-order valence-electron chi connectivity index (χ0n) is 8.61. The Morgan fingerprint density at radius 1 is 1.26 bits per heavy atom. The Balaban J connectivity index is -0.0000000151. The quantitative estimate of drug-likeness (QED) is 0.153. The van der Waals surface area contributed by atoms with Crippen LogP contribution in [0.1, 0.15) is 14.9 Å². The van der Waals surface area contributed by atoms with Crippen LogP contribution in [0.15, 0.2) is 0 Å². The second kappa shape index (κ2) is 50.1. The molecule has 0 aromatic rings. The molecule has 0 fully saturated rings. The molecule has 0 saturated carbocycles. The normalized spacial score (nSPS) is 5.00. The van der Waals surface area contributed by atoms with Crippen LogP contribution >= 0.6 is 40.0 Å². The molecule has 121 valence electrons. The van der Waals surface area contributed by atoms with E-state index in [0.29, 0.717) is 9.47 Å². The van der Waals surface area contributed by atoms with Gasteiger partial charge in [-0.1, -0.05) is 14.9 Å². The van der Waals surface area contributed by atoms with E-state index in [1.54, 1.807) is 0 Å². The molecule has 0 atom stereocenters. The van der Waals surface area contributed by atoms with Crippen molar-refractivity contribution in [3.05, 3.63) is 27.7 Å². The summed E-state index contributed by atoms with van der Waals surface area (Å²) in [6, 6.07) is 0. The Labute approximate surface area is 181 Å². The largest absolute Gasteiger partial charge is 0 e. The van der Waals surface area contributed by atoms with Gasteiger partial charge in [0.05, 0.1) is 0 Å². The van der Waals surface area contributed by atoms with Gasteiger partial charge >= 0.3 is 49.4 Å². The van der Waals surface area contributed by atoms with Gasteiger partial charge in [-0.15, -0.1) is 20.2 Å². The van der Waals surface area contributed by atoms with Crippen molar-refractivity contribution < 1.29 is 87.2 Å². The molecule has 0 unspecified atom stereocenters. The summed E-state index contributed by atoms with van der Waals surface area (Å²) < 4.78 is 4.19. The first-order valence-corrected chi connectivity index (χ1v) is 11.4. The van der Waals surface area contributed by atoms with E-state index in [0.717, 1.165) is 0 Å². The molecule has 19 heavy (non-hydrogen) atoms. The standard InChI is InChI=1S/C2H5NO4.2CH4.CH3.2HI.Ir.HNO3.V.Y/c1-6-2-7-3(4)5;;;;;;;2-1(3)4;;/h2H2,1H3;2*1H4;1H3;2*1H;;(H,2,3,4);;/q;;;-1;;;;;+2;/p-2. The summed E-state index contributed by atoms with van der Waals surface area (Å²) in [5, 5.41) is 22.0. The summed E-state index contributed by atoms with van der Waals surface area (Å²) in [5.41, 5.74) is 0. The molecule has 0 rings (SSSR count). The molecule has 0 saturated heterocycles. The maximum atomic E-state index is 9.26. The second-order valence-corrected chi connectivity index (χ2v) is 12.9. The second-order valence-electron chi connectivity index (χ2n) is 1.06. The molecule has 0 aliphatic heterocycles. The van der Waals surface area contributed by atoms with Crippen molar-refractivity contribution in [2.75, 3.05) is 13.9 Å². The third kappa shape index (κ3) is 175. The molecule has 14 heteroatoms. The molecule has 1 N–H and O–H groups in total. The van der Waals surface area contributed by atoms with Gasteiger partial charge in [0.1, 0.15) is 0 Å². The van der Waals surface area contributed by atoms with E-state index < -0.39 is 10.2 Å². The van der Waals surface area contributed by atoms with E-state index in [1.807, 2.05) is 0 Å². The molecule has 0 spiro atoms. The van der Waals surface area contributed by atoms with Crippen LogP contribution in [0.4, 0.5) is 0 Å². The van der Waals surface area contributed by atoms with Gasteiger partial charge in [0, 0.05) is 59.9 Å². The molecule has 0 aromatic heterocycles. The molecule has 0 heterocycles. The Morgan fingerprint density at radius 2 is 1.47 bits per heavy atom. The van der Waals surface area contributed by atoms with Gasteiger partial charge in [-0.3, -0.25) is 4.84 Å². The van der Waals surface area contributed by atoms with Crippen LogP contribution in [-0.4, -0.2) is 29.3 Å². The van der Waals surface area contributed by atoms with Crippen molar-refractivity contribution in [3.63, 3.8) is 0 Å². The molecular formula is C5H17I2IrN2O7VY-. The monoisotopic (exact) mass is 804 g/mol. The first-order valence-electron chi connectivity index (χ1n) is 2.44. The van der Waals surface area contributed by atoms with Crippen molar-refractivity contribution in [2.45, 2.75) is 14.9 Å². The Kier molecular flexibility index (Phi) is 131. The molecular weight excluding hydrogens is 786 g/mol. The number of hydrogen-bond donors (Lipinski definition) is 1. The van der Waals surface area contributed by atoms with Crippen molar-refractivity contribution in [1.29, 1.82) is 0 Å². The Bertz CT molecular complexity index is 161. The van der Waals surface area contributed by atoms with Crippen molar-refractivity contribution >= 4 is 40.0 Å². The van der Waals surface area contributed by atoms with Crippen molar-refractivity contribution in [2.24, 2.45) is 0 Å². The van der Waals surface area contributed by atoms with Gasteiger partial charge in [0.2, 0.25) is 0 Å².